The van der Waals surface area contributed by atoms with Crippen molar-refractivity contribution in [1.82, 2.24) is 10.3 Å². The molecule has 1 atom stereocenters. The Kier molecular flexibility index (Phi) is 4.28. The lowest BCUT2D eigenvalue weighted by molar-refractivity contribution is 0.0938. The van der Waals surface area contributed by atoms with Crippen molar-refractivity contribution >= 4 is 33.1 Å². The summed E-state index contributed by atoms with van der Waals surface area (Å²) in [6.07, 6.45) is 2.79. The van der Waals surface area contributed by atoms with E-state index in [2.05, 4.69) is 35.4 Å². The predicted molar refractivity (Wildman–Crippen MR) is 105 cm³/mol. The minimum atomic E-state index is -0.120. The molecule has 0 fully saturated rings. The highest BCUT2D eigenvalue weighted by Crippen LogP contribution is 2.34. The van der Waals surface area contributed by atoms with Crippen molar-refractivity contribution in [3.05, 3.63) is 51.9 Å². The zero-order valence-corrected chi connectivity index (χ0v) is 15.7. The van der Waals surface area contributed by atoms with Crippen molar-refractivity contribution in [2.45, 2.75) is 32.2 Å². The molecule has 0 unspecified atom stereocenters. The van der Waals surface area contributed by atoms with E-state index >= 15 is 0 Å². The average Bonchev–Trinajstić information content (AvgIpc) is 2.98. The van der Waals surface area contributed by atoms with Crippen LogP contribution in [0.15, 0.2) is 30.3 Å². The van der Waals surface area contributed by atoms with Gasteiger partial charge in [0.05, 0.1) is 12.8 Å². The first-order chi connectivity index (χ1) is 12.5. The largest absolute Gasteiger partial charge is 0.481 e. The van der Waals surface area contributed by atoms with Crippen LogP contribution in [0.3, 0.4) is 0 Å². The summed E-state index contributed by atoms with van der Waals surface area (Å²) in [5.41, 5.74) is 10.7. The van der Waals surface area contributed by atoms with E-state index in [1.54, 1.807) is 13.2 Å². The molecule has 3 aromatic rings. The second-order valence-corrected chi connectivity index (χ2v) is 7.74. The van der Waals surface area contributed by atoms with E-state index in [1.807, 2.05) is 6.07 Å². The second kappa shape index (κ2) is 6.61. The Hall–Kier alpha value is -2.60. The predicted octanol–water partition coefficient (Wildman–Crippen LogP) is 3.48. The van der Waals surface area contributed by atoms with Crippen LogP contribution in [0, 0.1) is 6.92 Å². The topological polar surface area (TPSA) is 77.2 Å². The lowest BCUT2D eigenvalue weighted by atomic mass is 9.87. The molecule has 2 heterocycles. The van der Waals surface area contributed by atoms with E-state index < -0.39 is 0 Å². The standard InChI is InChI=1S/C20H21N3O2S/c1-11-3-4-13-10-14(6-5-12(13)9-11)22-19(24)18-17(21)15-7-8-16(25-2)23-20(15)26-18/h3-4,7-9,14H,5-6,10,21H2,1-2H3,(H,22,24)/t14-/m1/s1. The van der Waals surface area contributed by atoms with Gasteiger partial charge in [-0.25, -0.2) is 4.98 Å². The Labute approximate surface area is 156 Å². The van der Waals surface area contributed by atoms with Crippen molar-refractivity contribution in [3.63, 3.8) is 0 Å². The number of anilines is 1. The third-order valence-electron chi connectivity index (χ3n) is 4.91. The van der Waals surface area contributed by atoms with Gasteiger partial charge in [0, 0.05) is 17.5 Å². The number of aromatic nitrogens is 1. The second-order valence-electron chi connectivity index (χ2n) is 6.74. The molecule has 2 aromatic heterocycles. The molecular weight excluding hydrogens is 346 g/mol. The van der Waals surface area contributed by atoms with Crippen molar-refractivity contribution in [2.24, 2.45) is 0 Å². The highest BCUT2D eigenvalue weighted by Gasteiger charge is 2.23. The number of ether oxygens (including phenoxy) is 1. The number of benzene rings is 1. The SMILES string of the molecule is COc1ccc2c(N)c(C(=O)N[C@@H]3CCc4cc(C)ccc4C3)sc2n1. The molecule has 0 bridgehead atoms. The minimum absolute atomic E-state index is 0.120. The van der Waals surface area contributed by atoms with Crippen LogP contribution in [-0.2, 0) is 12.8 Å². The van der Waals surface area contributed by atoms with Gasteiger partial charge in [0.1, 0.15) is 9.71 Å². The van der Waals surface area contributed by atoms with Crippen LogP contribution in [-0.4, -0.2) is 24.0 Å². The number of nitrogens with two attached hydrogens (primary N) is 1. The maximum Gasteiger partial charge on any atom is 0.263 e. The van der Waals surface area contributed by atoms with Crippen LogP contribution >= 0.6 is 11.3 Å². The summed E-state index contributed by atoms with van der Waals surface area (Å²) < 4.78 is 5.15. The summed E-state index contributed by atoms with van der Waals surface area (Å²) >= 11 is 1.31. The molecule has 1 aliphatic carbocycles. The van der Waals surface area contributed by atoms with Crippen molar-refractivity contribution in [1.29, 1.82) is 0 Å². The number of methoxy groups -OCH3 is 1. The lowest BCUT2D eigenvalue weighted by Gasteiger charge is -2.25. The summed E-state index contributed by atoms with van der Waals surface area (Å²) in [6.45, 7) is 2.11. The minimum Gasteiger partial charge on any atom is -0.481 e. The Balaban J connectivity index is 1.54. The van der Waals surface area contributed by atoms with E-state index in [-0.39, 0.29) is 11.9 Å². The van der Waals surface area contributed by atoms with Crippen molar-refractivity contribution in [2.75, 3.05) is 12.8 Å². The number of fused-ring (bicyclic) bond motifs is 2. The Bertz CT molecular complexity index is 996. The number of thiophene rings is 1. The molecule has 1 aromatic carbocycles. The zero-order chi connectivity index (χ0) is 18.3. The van der Waals surface area contributed by atoms with Gasteiger partial charge in [0.15, 0.2) is 0 Å². The third-order valence-corrected chi connectivity index (χ3v) is 6.02. The third kappa shape index (κ3) is 3.01. The molecule has 1 amide bonds. The van der Waals surface area contributed by atoms with E-state index in [4.69, 9.17) is 10.5 Å². The van der Waals surface area contributed by atoms with Gasteiger partial charge in [0.25, 0.3) is 5.91 Å². The number of hydrogen-bond acceptors (Lipinski definition) is 5. The lowest BCUT2D eigenvalue weighted by Crippen LogP contribution is -2.38. The molecular formula is C20H21N3O2S. The molecule has 4 rings (SSSR count). The maximum atomic E-state index is 12.8. The highest BCUT2D eigenvalue weighted by atomic mass is 32.1. The summed E-state index contributed by atoms with van der Waals surface area (Å²) in [4.78, 5) is 18.4. The van der Waals surface area contributed by atoms with Crippen LogP contribution < -0.4 is 15.8 Å². The van der Waals surface area contributed by atoms with Gasteiger partial charge in [-0.2, -0.15) is 0 Å². The first-order valence-corrected chi connectivity index (χ1v) is 9.49. The number of amides is 1. The van der Waals surface area contributed by atoms with Gasteiger partial charge < -0.3 is 15.8 Å². The molecule has 0 saturated heterocycles. The molecule has 134 valence electrons. The Morgan fingerprint density at radius 1 is 1.31 bits per heavy atom. The number of nitrogens with one attached hydrogen (secondary N) is 1. The number of rotatable bonds is 3. The smallest absolute Gasteiger partial charge is 0.263 e. The van der Waals surface area contributed by atoms with Crippen LogP contribution in [0.2, 0.25) is 0 Å². The monoisotopic (exact) mass is 367 g/mol. The molecule has 26 heavy (non-hydrogen) atoms. The molecule has 0 saturated carbocycles. The van der Waals surface area contributed by atoms with Crippen LogP contribution in [0.1, 0.15) is 32.8 Å². The van der Waals surface area contributed by atoms with Gasteiger partial charge >= 0.3 is 0 Å². The fraction of sp³-hybridized carbons (Fsp3) is 0.300. The Morgan fingerprint density at radius 3 is 2.96 bits per heavy atom. The van der Waals surface area contributed by atoms with Gasteiger partial charge in [-0.05, 0) is 43.4 Å². The normalized spacial score (nSPS) is 16.3. The first kappa shape index (κ1) is 16.8. The highest BCUT2D eigenvalue weighted by molar-refractivity contribution is 7.21. The van der Waals surface area contributed by atoms with Crippen molar-refractivity contribution in [3.8, 4) is 5.88 Å². The number of nitrogen functional groups attached to an aromatic ring is 1. The van der Waals surface area contributed by atoms with Gasteiger partial charge in [-0.3, -0.25) is 4.79 Å². The number of carbonyl (C=O) groups is 1. The van der Waals surface area contributed by atoms with E-state index in [0.717, 1.165) is 29.5 Å². The number of nitrogens with zero attached hydrogens (tertiary/aromatic N) is 1. The zero-order valence-electron chi connectivity index (χ0n) is 14.8. The summed E-state index contributed by atoms with van der Waals surface area (Å²) in [7, 11) is 1.57. The molecule has 0 aliphatic heterocycles. The molecule has 5 nitrogen and oxygen atoms in total. The van der Waals surface area contributed by atoms with Gasteiger partial charge in [-0.15, -0.1) is 11.3 Å². The van der Waals surface area contributed by atoms with E-state index in [0.29, 0.717) is 16.4 Å². The number of carbonyl (C=O) groups excluding carboxylic acids is 1. The van der Waals surface area contributed by atoms with E-state index in [9.17, 15) is 4.79 Å². The van der Waals surface area contributed by atoms with E-state index in [1.165, 1.54) is 28.0 Å². The fourth-order valence-electron chi connectivity index (χ4n) is 3.52. The van der Waals surface area contributed by atoms with Crippen LogP contribution in [0.4, 0.5) is 5.69 Å². The van der Waals surface area contributed by atoms with Gasteiger partial charge in [-0.1, -0.05) is 23.8 Å². The molecule has 0 radical (unpaired) electrons. The Morgan fingerprint density at radius 2 is 2.15 bits per heavy atom. The van der Waals surface area contributed by atoms with Crippen molar-refractivity contribution < 1.29 is 9.53 Å². The fourth-order valence-corrected chi connectivity index (χ4v) is 4.51. The molecule has 0 spiro atoms. The number of aryl methyl sites for hydroxylation is 2. The van der Waals surface area contributed by atoms with Crippen LogP contribution in [0.5, 0.6) is 5.88 Å². The summed E-state index contributed by atoms with van der Waals surface area (Å²) in [5, 5.41) is 3.95. The quantitative estimate of drug-likeness (QED) is 0.743. The molecule has 6 heteroatoms. The van der Waals surface area contributed by atoms with Crippen LogP contribution in [0.25, 0.3) is 10.2 Å². The summed E-state index contributed by atoms with van der Waals surface area (Å²) in [5.74, 6) is 0.398. The summed E-state index contributed by atoms with van der Waals surface area (Å²) in [6, 6.07) is 10.3. The first-order valence-electron chi connectivity index (χ1n) is 8.67. The number of hydrogen-bond donors (Lipinski definition) is 2. The maximum absolute atomic E-state index is 12.8. The number of pyridine rings is 1. The van der Waals surface area contributed by atoms with Gasteiger partial charge in [0.2, 0.25) is 5.88 Å². The average molecular weight is 367 g/mol. The molecule has 1 aliphatic rings. The molecule has 3 N–H and O–H groups in total.